The summed E-state index contributed by atoms with van der Waals surface area (Å²) < 4.78 is 30.4. The van der Waals surface area contributed by atoms with Crippen LogP contribution in [0.4, 0.5) is 5.69 Å². The fraction of sp³-hybridized carbons (Fsp3) is 0.444. The number of methoxy groups -OCH3 is 1. The Bertz CT molecular complexity index is 901. The number of rotatable bonds is 5. The smallest absolute Gasteiger partial charge is 0.276 e. The number of sulfone groups is 1. The van der Waals surface area contributed by atoms with Crippen molar-refractivity contribution < 1.29 is 17.9 Å². The van der Waals surface area contributed by atoms with Gasteiger partial charge in [0.1, 0.15) is 5.75 Å². The number of nitrogens with one attached hydrogen (secondary N) is 1. The van der Waals surface area contributed by atoms with E-state index in [0.717, 1.165) is 5.69 Å². The van der Waals surface area contributed by atoms with Gasteiger partial charge in [-0.05, 0) is 42.7 Å². The minimum absolute atomic E-state index is 0.0773. The molecule has 0 saturated carbocycles. The second-order valence-electron chi connectivity index (χ2n) is 6.79. The lowest BCUT2D eigenvalue weighted by Gasteiger charge is -2.15. The average Bonchev–Trinajstić information content (AvgIpc) is 3.19. The van der Waals surface area contributed by atoms with Crippen molar-refractivity contribution in [1.29, 1.82) is 0 Å². The minimum atomic E-state index is -3.03. The van der Waals surface area contributed by atoms with Gasteiger partial charge in [-0.2, -0.15) is 5.10 Å². The van der Waals surface area contributed by atoms with Crippen molar-refractivity contribution in [2.75, 3.05) is 23.9 Å². The summed E-state index contributed by atoms with van der Waals surface area (Å²) in [6.07, 6.45) is 0.531. The zero-order valence-corrected chi connectivity index (χ0v) is 15.9. The van der Waals surface area contributed by atoms with E-state index in [1.807, 2.05) is 13.8 Å². The number of nitrogens with zero attached hydrogens (tertiary/aromatic N) is 2. The third-order valence-electron chi connectivity index (χ3n) is 4.49. The van der Waals surface area contributed by atoms with Crippen molar-refractivity contribution >= 4 is 21.4 Å². The first-order valence-electron chi connectivity index (χ1n) is 8.54. The van der Waals surface area contributed by atoms with Crippen molar-refractivity contribution in [3.63, 3.8) is 0 Å². The fourth-order valence-corrected chi connectivity index (χ4v) is 4.77. The van der Waals surface area contributed by atoms with Crippen molar-refractivity contribution in [3.8, 4) is 5.75 Å². The van der Waals surface area contributed by atoms with E-state index in [1.165, 1.54) is 0 Å². The SMILES string of the molecule is COc1ccc(NC(=O)c2cc(C(C)C)n([C@@H]3CCS(=O)(=O)C3)n2)cc1. The molecule has 2 heterocycles. The molecule has 26 heavy (non-hydrogen) atoms. The molecule has 2 aromatic rings. The Morgan fingerprint density at radius 3 is 2.54 bits per heavy atom. The van der Waals surface area contributed by atoms with Crippen LogP contribution in [0.1, 0.15) is 48.4 Å². The number of anilines is 1. The molecule has 3 rings (SSSR count). The van der Waals surface area contributed by atoms with Gasteiger partial charge in [0.2, 0.25) is 0 Å². The molecule has 1 saturated heterocycles. The Morgan fingerprint density at radius 1 is 1.31 bits per heavy atom. The minimum Gasteiger partial charge on any atom is -0.497 e. The summed E-state index contributed by atoms with van der Waals surface area (Å²) in [6, 6.07) is 8.56. The number of hydrogen-bond acceptors (Lipinski definition) is 5. The van der Waals surface area contributed by atoms with E-state index in [-0.39, 0.29) is 35.1 Å². The van der Waals surface area contributed by atoms with Gasteiger partial charge in [0, 0.05) is 11.4 Å². The summed E-state index contributed by atoms with van der Waals surface area (Å²) in [5, 5.41) is 7.23. The second kappa shape index (κ2) is 7.11. The summed E-state index contributed by atoms with van der Waals surface area (Å²) in [6.45, 7) is 4.00. The summed E-state index contributed by atoms with van der Waals surface area (Å²) >= 11 is 0. The van der Waals surface area contributed by atoms with Gasteiger partial charge in [-0.25, -0.2) is 8.42 Å². The summed E-state index contributed by atoms with van der Waals surface area (Å²) in [5.41, 5.74) is 1.79. The van der Waals surface area contributed by atoms with Crippen LogP contribution in [0, 0.1) is 0 Å². The molecule has 8 heteroatoms. The molecule has 1 aromatic carbocycles. The number of ether oxygens (including phenoxy) is 1. The predicted molar refractivity (Wildman–Crippen MR) is 99.6 cm³/mol. The Hall–Kier alpha value is -2.35. The molecule has 7 nitrogen and oxygen atoms in total. The van der Waals surface area contributed by atoms with Crippen LogP contribution in [0.5, 0.6) is 5.75 Å². The maximum Gasteiger partial charge on any atom is 0.276 e. The van der Waals surface area contributed by atoms with Crippen LogP contribution in [0.3, 0.4) is 0 Å². The molecule has 0 unspecified atom stereocenters. The second-order valence-corrected chi connectivity index (χ2v) is 9.02. The first kappa shape index (κ1) is 18.4. The van der Waals surface area contributed by atoms with E-state index in [2.05, 4.69) is 10.4 Å². The van der Waals surface area contributed by atoms with Gasteiger partial charge in [-0.3, -0.25) is 9.48 Å². The molecule has 0 radical (unpaired) electrons. The van der Waals surface area contributed by atoms with E-state index in [1.54, 1.807) is 42.1 Å². The van der Waals surface area contributed by atoms with E-state index in [4.69, 9.17) is 4.74 Å². The van der Waals surface area contributed by atoms with Crippen LogP contribution in [0.25, 0.3) is 0 Å². The van der Waals surface area contributed by atoms with Crippen LogP contribution >= 0.6 is 0 Å². The molecule has 1 aliphatic heterocycles. The molecule has 1 atom stereocenters. The highest BCUT2D eigenvalue weighted by Crippen LogP contribution is 2.28. The highest BCUT2D eigenvalue weighted by Gasteiger charge is 2.32. The highest BCUT2D eigenvalue weighted by atomic mass is 32.2. The van der Waals surface area contributed by atoms with Crippen molar-refractivity contribution in [3.05, 3.63) is 41.7 Å². The summed E-state index contributed by atoms with van der Waals surface area (Å²) in [7, 11) is -1.45. The van der Waals surface area contributed by atoms with Crippen molar-refractivity contribution in [2.45, 2.75) is 32.2 Å². The van der Waals surface area contributed by atoms with E-state index in [0.29, 0.717) is 17.9 Å². The van der Waals surface area contributed by atoms with Crippen LogP contribution < -0.4 is 10.1 Å². The van der Waals surface area contributed by atoms with E-state index in [9.17, 15) is 13.2 Å². The third kappa shape index (κ3) is 3.90. The maximum absolute atomic E-state index is 12.6. The van der Waals surface area contributed by atoms with Crippen molar-refractivity contribution in [1.82, 2.24) is 9.78 Å². The molecular weight excluding hydrogens is 354 g/mol. The van der Waals surface area contributed by atoms with Crippen LogP contribution in [0.15, 0.2) is 30.3 Å². The quantitative estimate of drug-likeness (QED) is 0.865. The molecule has 0 spiro atoms. The largest absolute Gasteiger partial charge is 0.497 e. The van der Waals surface area contributed by atoms with Crippen molar-refractivity contribution in [2.24, 2.45) is 0 Å². The maximum atomic E-state index is 12.6. The molecule has 1 fully saturated rings. The summed E-state index contributed by atoms with van der Waals surface area (Å²) in [4.78, 5) is 12.6. The normalized spacial score (nSPS) is 18.8. The number of carbonyl (C=O) groups is 1. The van der Waals surface area contributed by atoms with Crippen LogP contribution in [-0.4, -0.2) is 42.7 Å². The van der Waals surface area contributed by atoms with Gasteiger partial charge in [0.15, 0.2) is 15.5 Å². The van der Waals surface area contributed by atoms with Gasteiger partial charge in [0.05, 0.1) is 24.7 Å². The third-order valence-corrected chi connectivity index (χ3v) is 6.24. The zero-order chi connectivity index (χ0) is 18.9. The lowest BCUT2D eigenvalue weighted by molar-refractivity contribution is 0.102. The van der Waals surface area contributed by atoms with Crippen LogP contribution in [0.2, 0.25) is 0 Å². The molecular formula is C18H23N3O4S. The standard InChI is InChI=1S/C18H23N3O4S/c1-12(2)17-10-16(20-21(17)14-8-9-26(23,24)11-14)18(22)19-13-4-6-15(25-3)7-5-13/h4-7,10,12,14H,8-9,11H2,1-3H3,(H,19,22)/t14-/m1/s1. The van der Waals surface area contributed by atoms with Gasteiger partial charge in [-0.15, -0.1) is 0 Å². The molecule has 1 aromatic heterocycles. The number of hydrogen-bond donors (Lipinski definition) is 1. The molecule has 0 aliphatic carbocycles. The fourth-order valence-electron chi connectivity index (χ4n) is 3.08. The Labute approximate surface area is 153 Å². The number of aromatic nitrogens is 2. The molecule has 1 N–H and O–H groups in total. The van der Waals surface area contributed by atoms with Gasteiger partial charge in [0.25, 0.3) is 5.91 Å². The van der Waals surface area contributed by atoms with Gasteiger partial charge < -0.3 is 10.1 Å². The highest BCUT2D eigenvalue weighted by molar-refractivity contribution is 7.91. The first-order valence-corrected chi connectivity index (χ1v) is 10.4. The zero-order valence-electron chi connectivity index (χ0n) is 15.1. The van der Waals surface area contributed by atoms with Gasteiger partial charge in [-0.1, -0.05) is 13.8 Å². The summed E-state index contributed by atoms with van der Waals surface area (Å²) in [5.74, 6) is 0.762. The van der Waals surface area contributed by atoms with Gasteiger partial charge >= 0.3 is 0 Å². The topological polar surface area (TPSA) is 90.3 Å². The first-order chi connectivity index (χ1) is 12.3. The predicted octanol–water partition coefficient (Wildman–Crippen LogP) is 2.63. The monoisotopic (exact) mass is 377 g/mol. The number of amides is 1. The molecule has 140 valence electrons. The Morgan fingerprint density at radius 2 is 2.00 bits per heavy atom. The Balaban J connectivity index is 1.83. The lowest BCUT2D eigenvalue weighted by atomic mass is 10.1. The molecule has 1 aliphatic rings. The average molecular weight is 377 g/mol. The molecule has 0 bridgehead atoms. The van der Waals surface area contributed by atoms with Crippen LogP contribution in [-0.2, 0) is 9.84 Å². The number of benzene rings is 1. The lowest BCUT2D eigenvalue weighted by Crippen LogP contribution is -2.17. The van der Waals surface area contributed by atoms with E-state index >= 15 is 0 Å². The Kier molecular flexibility index (Phi) is 5.04. The van der Waals surface area contributed by atoms with E-state index < -0.39 is 9.84 Å². The number of carbonyl (C=O) groups excluding carboxylic acids is 1. The molecule has 1 amide bonds.